The molecule has 0 N–H and O–H groups in total. The van der Waals surface area contributed by atoms with Crippen LogP contribution in [0.3, 0.4) is 0 Å². The first-order valence-electron chi connectivity index (χ1n) is 17.9. The second kappa shape index (κ2) is 11.5. The molecule has 4 bridgehead atoms. The Morgan fingerprint density at radius 2 is 1.08 bits per heavy atom. The molecule has 4 aliphatic carbocycles. The SMILES string of the molecule is [C-]#[N+]c1ccc(-c2nc(-c3ccccc3)nc(-c3ccc4c5cc(C67CC8CC(CC(C8)C6)C7)ccc5n(-c5ccc([N+]#[C-])cc5)c4c3)n2)cc1. The average Bonchev–Trinajstić information content (AvgIpc) is 3.50. The molecule has 0 unspecified atom stereocenters. The number of fused-ring (bicyclic) bond motifs is 3. The molecule has 4 fully saturated rings. The molecule has 7 aromatic rings. The fraction of sp³-hybridized carbons (Fsp3) is 0.222. The van der Waals surface area contributed by atoms with E-state index in [0.29, 0.717) is 34.3 Å². The van der Waals surface area contributed by atoms with Gasteiger partial charge in [-0.2, -0.15) is 0 Å². The molecule has 6 nitrogen and oxygen atoms in total. The molecule has 6 heteroatoms. The van der Waals surface area contributed by atoms with Crippen LogP contribution in [0.15, 0.2) is 115 Å². The largest absolute Gasteiger partial charge is 0.309 e. The van der Waals surface area contributed by atoms with Gasteiger partial charge in [-0.1, -0.05) is 84.9 Å². The van der Waals surface area contributed by atoms with Crippen LogP contribution in [0.1, 0.15) is 44.1 Å². The molecule has 2 heterocycles. The van der Waals surface area contributed by atoms with Crippen LogP contribution in [0.2, 0.25) is 0 Å². The highest BCUT2D eigenvalue weighted by Gasteiger charge is 2.51. The molecule has 51 heavy (non-hydrogen) atoms. The van der Waals surface area contributed by atoms with Crippen molar-refractivity contribution in [2.45, 2.75) is 43.9 Å². The summed E-state index contributed by atoms with van der Waals surface area (Å²) in [6.07, 6.45) is 8.29. The Morgan fingerprint density at radius 3 is 1.69 bits per heavy atom. The third-order valence-corrected chi connectivity index (χ3v) is 11.8. The first-order chi connectivity index (χ1) is 25.1. The summed E-state index contributed by atoms with van der Waals surface area (Å²) in [6.45, 7) is 14.9. The van der Waals surface area contributed by atoms with Gasteiger partial charge in [-0.15, -0.1) is 0 Å². The minimum atomic E-state index is 0.302. The average molecular weight is 659 g/mol. The van der Waals surface area contributed by atoms with Crippen LogP contribution in [-0.4, -0.2) is 19.5 Å². The third-order valence-electron chi connectivity index (χ3n) is 11.8. The molecule has 0 radical (unpaired) electrons. The van der Waals surface area contributed by atoms with Gasteiger partial charge < -0.3 is 4.57 Å². The van der Waals surface area contributed by atoms with Crippen molar-refractivity contribution < 1.29 is 0 Å². The van der Waals surface area contributed by atoms with Crippen molar-refractivity contribution in [3.05, 3.63) is 144 Å². The van der Waals surface area contributed by atoms with Crippen molar-refractivity contribution in [2.24, 2.45) is 17.8 Å². The summed E-state index contributed by atoms with van der Waals surface area (Å²) >= 11 is 0. The number of aromatic nitrogens is 4. The highest BCUT2D eigenvalue weighted by atomic mass is 15.0. The molecule has 0 saturated heterocycles. The highest BCUT2D eigenvalue weighted by Crippen LogP contribution is 2.61. The van der Waals surface area contributed by atoms with Gasteiger partial charge in [-0.05, 0) is 97.6 Å². The maximum Gasteiger partial charge on any atom is 0.187 e. The molecule has 4 saturated carbocycles. The van der Waals surface area contributed by atoms with Gasteiger partial charge in [0.1, 0.15) is 0 Å². The fourth-order valence-corrected chi connectivity index (χ4v) is 9.94. The van der Waals surface area contributed by atoms with Crippen molar-refractivity contribution >= 4 is 33.2 Å². The van der Waals surface area contributed by atoms with Gasteiger partial charge in [0.2, 0.25) is 0 Å². The zero-order chi connectivity index (χ0) is 34.1. The van der Waals surface area contributed by atoms with Crippen molar-refractivity contribution in [1.82, 2.24) is 19.5 Å². The van der Waals surface area contributed by atoms with Crippen molar-refractivity contribution in [3.8, 4) is 39.9 Å². The van der Waals surface area contributed by atoms with E-state index in [4.69, 9.17) is 28.1 Å². The van der Waals surface area contributed by atoms with Crippen LogP contribution in [0.25, 0.3) is 71.3 Å². The summed E-state index contributed by atoms with van der Waals surface area (Å²) < 4.78 is 2.33. The van der Waals surface area contributed by atoms with E-state index >= 15 is 0 Å². The van der Waals surface area contributed by atoms with Gasteiger partial charge >= 0.3 is 0 Å². The number of nitrogens with zero attached hydrogens (tertiary/aromatic N) is 6. The van der Waals surface area contributed by atoms with Crippen LogP contribution < -0.4 is 0 Å². The molecular weight excluding hydrogens is 625 g/mol. The summed E-state index contributed by atoms with van der Waals surface area (Å²) in [4.78, 5) is 22.1. The lowest BCUT2D eigenvalue weighted by Crippen LogP contribution is -2.48. The van der Waals surface area contributed by atoms with Gasteiger partial charge in [0.15, 0.2) is 28.8 Å². The van der Waals surface area contributed by atoms with E-state index in [1.165, 1.54) is 54.9 Å². The zero-order valence-corrected chi connectivity index (χ0v) is 28.1. The number of rotatable bonds is 5. The van der Waals surface area contributed by atoms with E-state index in [-0.39, 0.29) is 0 Å². The predicted octanol–water partition coefficient (Wildman–Crippen LogP) is 11.5. The van der Waals surface area contributed by atoms with E-state index < -0.39 is 0 Å². The first kappa shape index (κ1) is 29.8. The van der Waals surface area contributed by atoms with E-state index in [2.05, 4.69) is 50.7 Å². The van der Waals surface area contributed by atoms with Gasteiger partial charge in [-0.3, -0.25) is 0 Å². The molecule has 4 aliphatic rings. The van der Waals surface area contributed by atoms with E-state index in [0.717, 1.165) is 51.2 Å². The van der Waals surface area contributed by atoms with Crippen molar-refractivity contribution in [3.63, 3.8) is 0 Å². The molecule has 2 aromatic heterocycles. The zero-order valence-electron chi connectivity index (χ0n) is 28.1. The predicted molar refractivity (Wildman–Crippen MR) is 203 cm³/mol. The third kappa shape index (κ3) is 4.94. The lowest BCUT2D eigenvalue weighted by molar-refractivity contribution is -0.00512. The van der Waals surface area contributed by atoms with Gasteiger partial charge in [0.25, 0.3) is 0 Å². The second-order valence-electron chi connectivity index (χ2n) is 15.0. The quantitative estimate of drug-likeness (QED) is 0.173. The van der Waals surface area contributed by atoms with E-state index in [1.807, 2.05) is 66.7 Å². The summed E-state index contributed by atoms with van der Waals surface area (Å²) in [5.74, 6) is 4.39. The first-order valence-corrected chi connectivity index (χ1v) is 17.9. The van der Waals surface area contributed by atoms with Gasteiger partial charge in [0, 0.05) is 33.2 Å². The van der Waals surface area contributed by atoms with Crippen molar-refractivity contribution in [1.29, 1.82) is 0 Å². The Labute approximate surface area is 297 Å². The van der Waals surface area contributed by atoms with E-state index in [1.54, 1.807) is 12.1 Å². The Bertz CT molecular complexity index is 2530. The summed E-state index contributed by atoms with van der Waals surface area (Å²) in [6, 6.07) is 39.1. The van der Waals surface area contributed by atoms with Gasteiger partial charge in [-0.25, -0.2) is 24.6 Å². The van der Waals surface area contributed by atoms with Gasteiger partial charge in [0.05, 0.1) is 24.2 Å². The summed E-state index contributed by atoms with van der Waals surface area (Å²) in [5.41, 5.74) is 8.90. The maximum atomic E-state index is 7.53. The molecule has 0 amide bonds. The molecule has 5 aromatic carbocycles. The smallest absolute Gasteiger partial charge is 0.187 e. The molecule has 0 atom stereocenters. The Kier molecular flexibility index (Phi) is 6.70. The molecule has 0 spiro atoms. The van der Waals surface area contributed by atoms with Crippen LogP contribution >= 0.6 is 0 Å². The molecule has 244 valence electrons. The lowest BCUT2D eigenvalue weighted by atomic mass is 9.48. The van der Waals surface area contributed by atoms with E-state index in [9.17, 15) is 0 Å². The maximum absolute atomic E-state index is 7.53. The Balaban J connectivity index is 1.17. The van der Waals surface area contributed by atoms with Crippen LogP contribution in [0.5, 0.6) is 0 Å². The summed E-state index contributed by atoms with van der Waals surface area (Å²) in [7, 11) is 0. The minimum absolute atomic E-state index is 0.302. The van der Waals surface area contributed by atoms with Crippen LogP contribution in [0, 0.1) is 30.9 Å². The Morgan fingerprint density at radius 1 is 0.529 bits per heavy atom. The van der Waals surface area contributed by atoms with Crippen LogP contribution in [-0.2, 0) is 5.41 Å². The van der Waals surface area contributed by atoms with Crippen molar-refractivity contribution in [2.75, 3.05) is 0 Å². The standard InChI is InChI=1S/C45H34N6/c1-46-35-12-8-32(9-13-35)43-48-42(31-6-4-3-5-7-31)49-44(50-43)33-10-18-38-39-24-34(45-25-28-20-29(26-45)22-30(21-28)27-45)11-19-40(39)51(41(38)23-33)37-16-14-36(47-2)15-17-37/h3-19,23-24,28-30H,20-22,25-27H2. The Hall–Kier alpha value is -6.11. The fourth-order valence-electron chi connectivity index (χ4n) is 9.94. The number of benzene rings is 5. The topological polar surface area (TPSA) is 52.3 Å². The number of hydrogen-bond acceptors (Lipinski definition) is 3. The van der Waals surface area contributed by atoms with Crippen LogP contribution in [0.4, 0.5) is 11.4 Å². The number of hydrogen-bond donors (Lipinski definition) is 0. The normalized spacial score (nSPS) is 21.9. The minimum Gasteiger partial charge on any atom is -0.309 e. The second-order valence-corrected chi connectivity index (χ2v) is 15.0. The summed E-state index contributed by atoms with van der Waals surface area (Å²) in [5, 5.41) is 2.46. The highest BCUT2D eigenvalue weighted by molar-refractivity contribution is 6.10. The molecule has 0 aliphatic heterocycles. The lowest BCUT2D eigenvalue weighted by Gasteiger charge is -2.57. The molecular formula is C45H34N6. The monoisotopic (exact) mass is 658 g/mol. The molecule has 11 rings (SSSR count).